The summed E-state index contributed by atoms with van der Waals surface area (Å²) in [4.78, 5) is 6.93. The number of nitrogens with zero attached hydrogens (tertiary/aromatic N) is 2. The molecular weight excluding hydrogens is 477 g/mol. The zero-order valence-electron chi connectivity index (χ0n) is 18.7. The average Bonchev–Trinajstić information content (AvgIpc) is 2.76. The van der Waals surface area contributed by atoms with Gasteiger partial charge in [-0.25, -0.2) is 0 Å². The lowest BCUT2D eigenvalue weighted by Gasteiger charge is -2.37. The molecule has 1 aliphatic rings. The monoisotopic (exact) mass is 517 g/mol. The summed E-state index contributed by atoms with van der Waals surface area (Å²) in [7, 11) is 3.62. The summed E-state index contributed by atoms with van der Waals surface area (Å²) in [5, 5.41) is 3.67. The molecule has 0 radical (unpaired) electrons. The van der Waals surface area contributed by atoms with Crippen molar-refractivity contribution in [3.05, 3.63) is 35.9 Å². The number of ether oxygens (including phenoxy) is 2. The van der Waals surface area contributed by atoms with Crippen molar-refractivity contribution < 1.29 is 9.47 Å². The second-order valence-electron chi connectivity index (χ2n) is 7.66. The predicted octanol–water partition coefficient (Wildman–Crippen LogP) is 4.46. The number of nitrogens with one attached hydrogen (secondary N) is 1. The lowest BCUT2D eigenvalue weighted by Crippen LogP contribution is -2.50. The Morgan fingerprint density at radius 1 is 1.14 bits per heavy atom. The Hall–Kier alpha value is -0.860. The van der Waals surface area contributed by atoms with E-state index in [0.717, 1.165) is 70.9 Å². The molecule has 0 bridgehead atoms. The predicted molar refractivity (Wildman–Crippen MR) is 133 cm³/mol. The van der Waals surface area contributed by atoms with E-state index < -0.39 is 0 Å². The second-order valence-corrected chi connectivity index (χ2v) is 7.66. The maximum Gasteiger partial charge on any atom is 0.193 e. The molecule has 1 N–H and O–H groups in total. The molecule has 1 saturated heterocycles. The lowest BCUT2D eigenvalue weighted by atomic mass is 9.76. The van der Waals surface area contributed by atoms with Crippen molar-refractivity contribution in [2.75, 3.05) is 47.0 Å². The highest BCUT2D eigenvalue weighted by atomic mass is 127. The quantitative estimate of drug-likeness (QED) is 0.216. The van der Waals surface area contributed by atoms with Gasteiger partial charge in [0.1, 0.15) is 0 Å². The molecule has 0 amide bonds. The van der Waals surface area contributed by atoms with E-state index in [9.17, 15) is 0 Å². The van der Waals surface area contributed by atoms with Gasteiger partial charge in [0, 0.05) is 52.4 Å². The normalized spacial score (nSPS) is 15.9. The van der Waals surface area contributed by atoms with Crippen molar-refractivity contribution in [1.82, 2.24) is 10.2 Å². The molecule has 0 aliphatic carbocycles. The first-order valence-electron chi connectivity index (χ1n) is 10.8. The number of rotatable bonds is 10. The first-order chi connectivity index (χ1) is 13.7. The SMILES string of the molecule is CCC(CC)(CNC(=NC)N1CCC(OCCCOC)CC1)c1ccccc1.I. The first-order valence-corrected chi connectivity index (χ1v) is 10.8. The van der Waals surface area contributed by atoms with Crippen LogP contribution in [-0.2, 0) is 14.9 Å². The van der Waals surface area contributed by atoms with Gasteiger partial charge < -0.3 is 19.7 Å². The molecule has 0 saturated carbocycles. The minimum absolute atomic E-state index is 0. The zero-order chi connectivity index (χ0) is 20.2. The van der Waals surface area contributed by atoms with Gasteiger partial charge in [0.15, 0.2) is 5.96 Å². The Morgan fingerprint density at radius 3 is 2.34 bits per heavy atom. The van der Waals surface area contributed by atoms with Crippen molar-refractivity contribution in [3.63, 3.8) is 0 Å². The number of aliphatic imine (C=N–C) groups is 1. The van der Waals surface area contributed by atoms with Crippen molar-refractivity contribution in [1.29, 1.82) is 0 Å². The molecule has 0 spiro atoms. The van der Waals surface area contributed by atoms with Gasteiger partial charge in [-0.2, -0.15) is 0 Å². The first kappa shape index (κ1) is 26.2. The molecule has 0 atom stereocenters. The minimum atomic E-state index is 0. The van der Waals surface area contributed by atoms with Crippen LogP contribution >= 0.6 is 24.0 Å². The highest BCUT2D eigenvalue weighted by molar-refractivity contribution is 14.0. The standard InChI is InChI=1S/C23H39N3O2.HI/c1-5-23(6-2,20-11-8-7-9-12-20)19-25-22(24-3)26-15-13-21(14-16-26)28-18-10-17-27-4;/h7-9,11-12,21H,5-6,10,13-19H2,1-4H3,(H,24,25);1H. The van der Waals surface area contributed by atoms with Gasteiger partial charge in [0.2, 0.25) is 0 Å². The third kappa shape index (κ3) is 7.72. The van der Waals surface area contributed by atoms with Crippen molar-refractivity contribution >= 4 is 29.9 Å². The number of likely N-dealkylation sites (tertiary alicyclic amines) is 1. The van der Waals surface area contributed by atoms with Gasteiger partial charge in [-0.1, -0.05) is 44.2 Å². The van der Waals surface area contributed by atoms with Gasteiger partial charge in [0.05, 0.1) is 6.10 Å². The number of hydrogen-bond donors (Lipinski definition) is 1. The molecule has 1 aromatic rings. The molecule has 1 aliphatic heterocycles. The summed E-state index contributed by atoms with van der Waals surface area (Å²) in [6, 6.07) is 10.9. The fourth-order valence-electron chi connectivity index (χ4n) is 4.07. The molecular formula is C23H40IN3O2. The summed E-state index contributed by atoms with van der Waals surface area (Å²) in [5.41, 5.74) is 1.55. The number of guanidine groups is 1. The van der Waals surface area contributed by atoms with Crippen LogP contribution in [0.4, 0.5) is 0 Å². The van der Waals surface area contributed by atoms with E-state index in [1.165, 1.54) is 5.56 Å². The van der Waals surface area contributed by atoms with Crippen LogP contribution in [0.1, 0.15) is 51.5 Å². The zero-order valence-corrected chi connectivity index (χ0v) is 21.0. The number of halogens is 1. The minimum Gasteiger partial charge on any atom is -0.385 e. The van der Waals surface area contributed by atoms with Crippen molar-refractivity contribution in [3.8, 4) is 0 Å². The van der Waals surface area contributed by atoms with Crippen molar-refractivity contribution in [2.24, 2.45) is 4.99 Å². The summed E-state index contributed by atoms with van der Waals surface area (Å²) in [6.45, 7) is 9.02. The van der Waals surface area contributed by atoms with Crippen LogP contribution < -0.4 is 5.32 Å². The Morgan fingerprint density at radius 2 is 1.79 bits per heavy atom. The van der Waals surface area contributed by atoms with Crippen LogP contribution in [0.2, 0.25) is 0 Å². The van der Waals surface area contributed by atoms with Crippen LogP contribution in [0.3, 0.4) is 0 Å². The highest BCUT2D eigenvalue weighted by Gasteiger charge is 2.29. The molecule has 5 nitrogen and oxygen atoms in total. The van der Waals surface area contributed by atoms with E-state index in [4.69, 9.17) is 9.47 Å². The Bertz CT molecular complexity index is 571. The van der Waals surface area contributed by atoms with Crippen LogP contribution in [0.15, 0.2) is 35.3 Å². The molecule has 2 rings (SSSR count). The molecule has 166 valence electrons. The van der Waals surface area contributed by atoms with Crippen LogP contribution in [-0.4, -0.2) is 64.0 Å². The Kier molecular flexibility index (Phi) is 12.8. The Labute approximate surface area is 194 Å². The fourth-order valence-corrected chi connectivity index (χ4v) is 4.07. The maximum absolute atomic E-state index is 5.99. The van der Waals surface area contributed by atoms with E-state index in [1.807, 2.05) is 7.05 Å². The number of benzene rings is 1. The third-order valence-corrected chi connectivity index (χ3v) is 6.12. The molecule has 1 heterocycles. The van der Waals surface area contributed by atoms with E-state index in [-0.39, 0.29) is 29.4 Å². The average molecular weight is 517 g/mol. The third-order valence-electron chi connectivity index (χ3n) is 6.12. The highest BCUT2D eigenvalue weighted by Crippen LogP contribution is 2.31. The van der Waals surface area contributed by atoms with Crippen LogP contribution in [0.25, 0.3) is 0 Å². The Balaban J connectivity index is 0.00000420. The molecule has 1 aromatic carbocycles. The van der Waals surface area contributed by atoms with Crippen LogP contribution in [0.5, 0.6) is 0 Å². The van der Waals surface area contributed by atoms with Gasteiger partial charge in [0.25, 0.3) is 0 Å². The smallest absolute Gasteiger partial charge is 0.193 e. The van der Waals surface area contributed by atoms with E-state index in [2.05, 4.69) is 59.4 Å². The number of hydrogen-bond acceptors (Lipinski definition) is 3. The summed E-state index contributed by atoms with van der Waals surface area (Å²) in [6.07, 6.45) is 5.65. The summed E-state index contributed by atoms with van der Waals surface area (Å²) in [5.74, 6) is 1.01. The molecule has 0 unspecified atom stereocenters. The van der Waals surface area contributed by atoms with Crippen molar-refractivity contribution in [2.45, 2.75) is 57.5 Å². The van der Waals surface area contributed by atoms with E-state index in [1.54, 1.807) is 7.11 Å². The molecule has 1 fully saturated rings. The fraction of sp³-hybridized carbons (Fsp3) is 0.696. The van der Waals surface area contributed by atoms with Gasteiger partial charge in [-0.3, -0.25) is 4.99 Å². The largest absolute Gasteiger partial charge is 0.385 e. The topological polar surface area (TPSA) is 46.1 Å². The summed E-state index contributed by atoms with van der Waals surface area (Å²) >= 11 is 0. The lowest BCUT2D eigenvalue weighted by molar-refractivity contribution is 0.00986. The maximum atomic E-state index is 5.99. The molecule has 6 heteroatoms. The van der Waals surface area contributed by atoms with E-state index in [0.29, 0.717) is 6.10 Å². The van der Waals surface area contributed by atoms with Crippen LogP contribution in [0, 0.1) is 0 Å². The second kappa shape index (κ2) is 14.2. The van der Waals surface area contributed by atoms with E-state index >= 15 is 0 Å². The van der Waals surface area contributed by atoms with Gasteiger partial charge >= 0.3 is 0 Å². The van der Waals surface area contributed by atoms with Gasteiger partial charge in [-0.05, 0) is 37.7 Å². The summed E-state index contributed by atoms with van der Waals surface area (Å²) < 4.78 is 11.1. The van der Waals surface area contributed by atoms with Gasteiger partial charge in [-0.15, -0.1) is 24.0 Å². The number of methoxy groups -OCH3 is 1. The molecule has 29 heavy (non-hydrogen) atoms. The number of piperidine rings is 1. The molecule has 0 aromatic heterocycles.